The molecule has 0 aliphatic carbocycles. The van der Waals surface area contributed by atoms with Gasteiger partial charge >= 0.3 is 36.5 Å². The highest BCUT2D eigenvalue weighted by atomic mass is 31.2. The minimum Gasteiger partial charge on any atom is -0.494 e. The fourth-order valence-corrected chi connectivity index (χ4v) is 17.4. The maximum absolute atomic E-state index is 14.1. The number of ether oxygens (including phenoxy) is 13. The van der Waals surface area contributed by atoms with Gasteiger partial charge in [-0.2, -0.15) is 19.9 Å². The van der Waals surface area contributed by atoms with Crippen LogP contribution in [0.4, 0.5) is 33.0 Å². The number of halogens is 1. The molecule has 13 N–H and O–H groups in total. The van der Waals surface area contributed by atoms with E-state index < -0.39 is 84.3 Å². The zero-order valence-electron chi connectivity index (χ0n) is 76.6. The molecule has 758 valence electrons. The standard InChI is InChI=1S/C25H27FN5O9P.C21H24N5O8P.C21H24N5O7P.C20H22N5O7P/c1-16-3-6-18(7-4-16)40-25(33)37-14-39-41(34,38-12-17-5-8-20(35-2)19(26)11-17)15-36-10-9-31-13-28-21-22(31)29-24(27)30-23(21)32;1-14-33-16(9-27)17(34-14)11-32-35(29,31-10-15-5-3-2-4-6-15)13-30-8-7-26-12-23-18-19(26)24-21(22)25-20(18)28;1-14-17(33-15(2)32-14)11-31-34(28,30-10-16-6-4-3-5-7-16)13-29-9-8-26-12-23-18-19(26)24-21(22)25-20(18)27;1-14-29-10-16(32-14)11-31-33(27,30-9-15-5-3-2-4-6-15)13-28-8-7-25-12-22-17-18(25)23-20(21)24-19(17)26/h3-8,11,13H,9-10,12,14-15H2,1-2H3,(H3,27,29,30,32);2-6,12,27H,1,7-11,13H2,(H3,22,24,25,28);3-7,12H,2,8-11,13H2,1H3,(H3,22,24,25,27);2-6,10,12H,1,7-9,11,13H2,(H3,21,23,24,26). The number of allylic oxidation sites excluding steroid dienone is 1. The van der Waals surface area contributed by atoms with Crippen LogP contribution in [0.2, 0.25) is 0 Å². The Morgan fingerprint density at radius 2 is 0.790 bits per heavy atom. The lowest BCUT2D eigenvalue weighted by Gasteiger charge is -2.19. The lowest BCUT2D eigenvalue weighted by molar-refractivity contribution is 0.0153. The summed E-state index contributed by atoms with van der Waals surface area (Å²) in [7, 11) is -13.9. The number of aromatic amines is 4. The number of H-pyrrole nitrogens is 4. The second kappa shape index (κ2) is 50.1. The number of anilines is 4. The molecule has 4 unspecified atom stereocenters. The fourth-order valence-electron chi connectivity index (χ4n) is 12.5. The Hall–Kier alpha value is -14.7. The van der Waals surface area contributed by atoms with E-state index in [1.807, 2.05) is 97.9 Å². The van der Waals surface area contributed by atoms with Crippen molar-refractivity contribution in [3.8, 4) is 11.5 Å². The molecule has 0 amide bonds. The number of carbonyl (C=O) groups is 1. The second-order valence-corrected chi connectivity index (χ2v) is 38.0. The van der Waals surface area contributed by atoms with Crippen molar-refractivity contribution in [2.45, 2.75) is 66.5 Å². The summed E-state index contributed by atoms with van der Waals surface area (Å²) in [6.07, 6.45) is 4.41. The van der Waals surface area contributed by atoms with Crippen molar-refractivity contribution in [1.82, 2.24) is 78.1 Å². The van der Waals surface area contributed by atoms with Gasteiger partial charge < -0.3 is 126 Å². The highest BCUT2D eigenvalue weighted by Gasteiger charge is 2.34. The third-order valence-corrected chi connectivity index (χ3v) is 25.7. The van der Waals surface area contributed by atoms with Gasteiger partial charge in [-0.15, -0.1) is 0 Å². The van der Waals surface area contributed by atoms with E-state index in [-0.39, 0.29) is 210 Å². The van der Waals surface area contributed by atoms with Gasteiger partial charge in [0, 0.05) is 26.2 Å². The van der Waals surface area contributed by atoms with Gasteiger partial charge in [0.25, 0.3) is 40.1 Å². The van der Waals surface area contributed by atoms with Crippen molar-refractivity contribution in [2.75, 3.05) is 115 Å². The number of aromatic nitrogens is 16. The van der Waals surface area contributed by atoms with Gasteiger partial charge in [0.15, 0.2) is 79.3 Å². The number of aliphatic hydroxyl groups excluding tert-OH is 1. The van der Waals surface area contributed by atoms with Crippen molar-refractivity contribution >= 4 is 105 Å². The first kappa shape index (κ1) is 106. The van der Waals surface area contributed by atoms with E-state index >= 15 is 0 Å². The summed E-state index contributed by atoms with van der Waals surface area (Å²) >= 11 is 0. The minimum absolute atomic E-state index is 0.0160. The van der Waals surface area contributed by atoms with Crippen LogP contribution in [0.3, 0.4) is 0 Å². The van der Waals surface area contributed by atoms with Crippen LogP contribution in [0.15, 0.2) is 251 Å². The van der Waals surface area contributed by atoms with Gasteiger partial charge in [-0.05, 0) is 80.1 Å². The molecule has 0 saturated carbocycles. The number of fused-ring (bicyclic) bond motifs is 4. The molecule has 3 aliphatic heterocycles. The number of aliphatic hydroxyl groups is 1. The summed E-state index contributed by atoms with van der Waals surface area (Å²) in [6, 6.07) is 38.4. The Morgan fingerprint density at radius 1 is 0.434 bits per heavy atom. The number of nitrogens with one attached hydrogen (secondary N) is 4. The number of hydrogen-bond acceptors (Lipinski definition) is 43. The van der Waals surface area contributed by atoms with Crippen LogP contribution in [0, 0.1) is 12.7 Å². The van der Waals surface area contributed by atoms with Crippen LogP contribution in [0.1, 0.15) is 34.7 Å². The molecular formula is C87H97FN20O31P4. The second-order valence-electron chi connectivity index (χ2n) is 30.0. The van der Waals surface area contributed by atoms with Crippen molar-refractivity contribution in [1.29, 1.82) is 0 Å². The van der Waals surface area contributed by atoms with E-state index in [9.17, 15) is 51.7 Å². The summed E-state index contributed by atoms with van der Waals surface area (Å²) in [5.41, 5.74) is 26.1. The predicted octanol–water partition coefficient (Wildman–Crippen LogP) is 10.9. The first-order valence-corrected chi connectivity index (χ1v) is 49.5. The molecule has 8 aromatic heterocycles. The smallest absolute Gasteiger partial charge is 0.494 e. The molecule has 0 radical (unpaired) electrons. The number of nitrogen functional groups attached to an aromatic ring is 4. The molecule has 11 heterocycles. The molecule has 56 heteroatoms. The van der Waals surface area contributed by atoms with E-state index in [4.69, 9.17) is 121 Å². The van der Waals surface area contributed by atoms with Crippen LogP contribution in [-0.4, -0.2) is 181 Å². The molecule has 13 aromatic rings. The number of rotatable bonds is 47. The molecule has 0 bridgehead atoms. The van der Waals surface area contributed by atoms with Crippen LogP contribution < -0.4 is 54.6 Å². The van der Waals surface area contributed by atoms with Gasteiger partial charge in [-0.3, -0.25) is 75.5 Å². The fraction of sp³-hybridized carbons (Fsp3) is 0.276. The van der Waals surface area contributed by atoms with Crippen molar-refractivity contribution in [3.05, 3.63) is 306 Å². The summed E-state index contributed by atoms with van der Waals surface area (Å²) in [4.78, 5) is 102. The average Bonchev–Trinajstić information content (AvgIpc) is 1.67. The molecule has 5 aromatic carbocycles. The van der Waals surface area contributed by atoms with Crippen molar-refractivity contribution in [2.24, 2.45) is 0 Å². The van der Waals surface area contributed by atoms with Crippen LogP contribution in [0.25, 0.3) is 44.7 Å². The Bertz CT molecular complexity index is 7220. The molecule has 4 atom stereocenters. The highest BCUT2D eigenvalue weighted by Crippen LogP contribution is 2.53. The first-order chi connectivity index (χ1) is 68.8. The number of hydrogen-bond donors (Lipinski definition) is 9. The summed E-state index contributed by atoms with van der Waals surface area (Å²) in [5, 5.41) is 9.38. The zero-order chi connectivity index (χ0) is 102. The summed E-state index contributed by atoms with van der Waals surface area (Å²) in [5.74, 6) is 1.07. The van der Waals surface area contributed by atoms with Gasteiger partial charge in [0.1, 0.15) is 69.6 Å². The molecule has 16 rings (SSSR count). The van der Waals surface area contributed by atoms with Crippen molar-refractivity contribution in [3.63, 3.8) is 0 Å². The van der Waals surface area contributed by atoms with Crippen molar-refractivity contribution < 1.29 is 130 Å². The van der Waals surface area contributed by atoms with E-state index in [0.717, 1.165) is 28.3 Å². The van der Waals surface area contributed by atoms with E-state index in [0.29, 0.717) is 39.8 Å². The number of aryl methyl sites for hydroxylation is 1. The third-order valence-electron chi connectivity index (χ3n) is 19.6. The van der Waals surface area contributed by atoms with E-state index in [1.54, 1.807) is 44.9 Å². The highest BCUT2D eigenvalue weighted by molar-refractivity contribution is 7.54. The Kier molecular flexibility index (Phi) is 37.0. The average molecular weight is 2060 g/mol. The largest absolute Gasteiger partial charge is 0.515 e. The normalized spacial score (nSPS) is 14.5. The Labute approximate surface area is 809 Å². The van der Waals surface area contributed by atoms with Crippen LogP contribution in [-0.2, 0) is 159 Å². The summed E-state index contributed by atoms with van der Waals surface area (Å²) < 4.78 is 187. The maximum atomic E-state index is 14.1. The number of nitrogens with two attached hydrogens (primary N) is 4. The number of carbonyl (C=O) groups excluding carboxylic acids is 1. The van der Waals surface area contributed by atoms with Gasteiger partial charge in [-0.1, -0.05) is 115 Å². The van der Waals surface area contributed by atoms with Crippen LogP contribution >= 0.6 is 30.4 Å². The number of nitrogens with zero attached hydrogens (tertiary/aromatic N) is 12. The zero-order valence-corrected chi connectivity index (χ0v) is 80.2. The molecule has 0 saturated heterocycles. The topological polar surface area (TPSA) is 658 Å². The minimum atomic E-state index is -4.06. The SMILES string of the molecule is C=C1OC(C)=C(COP(=O)(COCCn2cnc3c(=O)[nH]c(N)nc32)OCc2ccccc2)O1.C=C1OC(CO)=C(COP(=O)(COCCn2cnc3c(=O)[nH]c(N)nc32)OCc2ccccc2)O1.C=C1OC=C(COP(=O)(COCCn2cnc3c(=O)[nH]c(N)nc32)OCc2ccccc2)O1.COc1ccc(COP(=O)(COCCn2cnc3c(=O)[nH]c(N)nc32)OCOC(=O)Oc2ccc(C)cc2)cc1F. The molecule has 143 heavy (non-hydrogen) atoms. The lowest BCUT2D eigenvalue weighted by atomic mass is 10.2. The molecule has 0 spiro atoms. The van der Waals surface area contributed by atoms with E-state index in [2.05, 4.69) is 79.5 Å². The van der Waals surface area contributed by atoms with Gasteiger partial charge in [-0.25, -0.2) is 29.1 Å². The number of methoxy groups -OCH3 is 1. The maximum Gasteiger partial charge on any atom is 0.515 e. The Balaban J connectivity index is 0.000000161. The van der Waals surface area contributed by atoms with E-state index in [1.165, 1.54) is 55.4 Å². The molecule has 3 aliphatic rings. The predicted molar refractivity (Wildman–Crippen MR) is 506 cm³/mol. The quantitative estimate of drug-likeness (QED) is 0.00562. The number of benzene rings is 5. The molecule has 0 fully saturated rings. The molecular weight excluding hydrogens is 1960 g/mol. The lowest BCUT2D eigenvalue weighted by Crippen LogP contribution is -2.15. The summed E-state index contributed by atoms with van der Waals surface area (Å²) in [6.45, 7) is 13.5. The van der Waals surface area contributed by atoms with Gasteiger partial charge in [0.05, 0.1) is 85.3 Å². The van der Waals surface area contributed by atoms with Gasteiger partial charge in [0.2, 0.25) is 30.6 Å². The number of imidazole rings is 4. The third kappa shape index (κ3) is 30.9. The van der Waals surface area contributed by atoms with Crippen LogP contribution in [0.5, 0.6) is 11.5 Å². The first-order valence-electron chi connectivity index (χ1n) is 42.6. The molecule has 51 nitrogen and oxygen atoms in total. The Morgan fingerprint density at radius 3 is 1.15 bits per heavy atom. The monoisotopic (exact) mass is 2060 g/mol.